The Labute approximate surface area is 377 Å². The molecule has 0 spiro atoms. The molecular formula is C61H44N4. The standard InChI is InChI=1S/C61H44N4/c1-38-27-29-62-37-60(38)64-56-25-23-46(44-17-13-42(14-18-44)40-9-5-3-6-10-40)31-52(56)54-33-48-21-22-49-34-55-53-32-47(45-19-15-43(16-20-45)41-11-7-4-8-12-41)24-26-57(53)65(61-39(2)28-30-63-61)59(55)36-51(49)50(48)35-58(54)64/h3-20,23-37,63H,21-22H2,1-2H3. The van der Waals surface area contributed by atoms with E-state index in [4.69, 9.17) is 0 Å². The molecule has 4 nitrogen and oxygen atoms in total. The third kappa shape index (κ3) is 6.02. The van der Waals surface area contributed by atoms with Crippen LogP contribution in [0.4, 0.5) is 0 Å². The monoisotopic (exact) mass is 832 g/mol. The third-order valence-electron chi connectivity index (χ3n) is 14.0. The number of aryl methyl sites for hydroxylation is 4. The number of aromatic nitrogens is 4. The highest BCUT2D eigenvalue weighted by Gasteiger charge is 2.25. The van der Waals surface area contributed by atoms with Gasteiger partial charge in [-0.25, -0.2) is 0 Å². The van der Waals surface area contributed by atoms with E-state index in [0.29, 0.717) is 0 Å². The molecule has 8 aromatic carbocycles. The quantitative estimate of drug-likeness (QED) is 0.178. The van der Waals surface area contributed by atoms with Gasteiger partial charge in [-0.05, 0) is 165 Å². The van der Waals surface area contributed by atoms with E-state index in [1.165, 1.54) is 122 Å². The number of aromatic amines is 1. The molecule has 0 atom stereocenters. The fourth-order valence-electron chi connectivity index (χ4n) is 10.6. The zero-order valence-electron chi connectivity index (χ0n) is 36.3. The maximum absolute atomic E-state index is 4.65. The third-order valence-corrected chi connectivity index (χ3v) is 14.0. The number of rotatable bonds is 6. The first-order valence-corrected chi connectivity index (χ1v) is 22.6. The van der Waals surface area contributed by atoms with Gasteiger partial charge in [0.05, 0.1) is 34.0 Å². The summed E-state index contributed by atoms with van der Waals surface area (Å²) in [7, 11) is 0. The lowest BCUT2D eigenvalue weighted by Gasteiger charge is -2.21. The Morgan fingerprint density at radius 2 is 0.846 bits per heavy atom. The van der Waals surface area contributed by atoms with Crippen molar-refractivity contribution < 1.29 is 0 Å². The van der Waals surface area contributed by atoms with Crippen molar-refractivity contribution in [1.82, 2.24) is 19.1 Å². The molecule has 65 heavy (non-hydrogen) atoms. The molecule has 4 aromatic heterocycles. The molecule has 0 radical (unpaired) electrons. The molecule has 12 aromatic rings. The molecule has 0 aliphatic heterocycles. The van der Waals surface area contributed by atoms with Gasteiger partial charge in [0, 0.05) is 33.9 Å². The molecule has 4 heteroatoms. The van der Waals surface area contributed by atoms with Crippen LogP contribution in [0.5, 0.6) is 0 Å². The van der Waals surface area contributed by atoms with Gasteiger partial charge in [0.25, 0.3) is 0 Å². The Balaban J connectivity index is 0.984. The summed E-state index contributed by atoms with van der Waals surface area (Å²) in [5.41, 5.74) is 23.5. The van der Waals surface area contributed by atoms with Gasteiger partial charge in [-0.1, -0.05) is 121 Å². The van der Waals surface area contributed by atoms with Crippen LogP contribution in [-0.2, 0) is 12.8 Å². The topological polar surface area (TPSA) is 38.5 Å². The van der Waals surface area contributed by atoms with Crippen molar-refractivity contribution in [2.75, 3.05) is 0 Å². The summed E-state index contributed by atoms with van der Waals surface area (Å²) in [6, 6.07) is 67.4. The van der Waals surface area contributed by atoms with E-state index in [0.717, 1.165) is 24.3 Å². The smallest absolute Gasteiger partial charge is 0.118 e. The predicted molar refractivity (Wildman–Crippen MR) is 271 cm³/mol. The van der Waals surface area contributed by atoms with Crippen LogP contribution >= 0.6 is 0 Å². The van der Waals surface area contributed by atoms with Gasteiger partial charge in [0.15, 0.2) is 0 Å². The van der Waals surface area contributed by atoms with Gasteiger partial charge in [0.1, 0.15) is 5.82 Å². The summed E-state index contributed by atoms with van der Waals surface area (Å²) < 4.78 is 4.88. The SMILES string of the molecule is Cc1ccncc1-n1c2ccc(-c3ccc(-c4ccccc4)cc3)cc2c2cc3c(cc21)-c1cc2c(cc1CC3)c1cc(-c3ccc(-c4ccccc4)cc3)ccc1n2-c1[nH]ccc1C. The van der Waals surface area contributed by atoms with Gasteiger partial charge >= 0.3 is 0 Å². The molecule has 0 saturated carbocycles. The molecular weight excluding hydrogens is 789 g/mol. The number of hydrogen-bond donors (Lipinski definition) is 1. The Bertz CT molecular complexity index is 3810. The van der Waals surface area contributed by atoms with Gasteiger partial charge in [-0.2, -0.15) is 0 Å². The highest BCUT2D eigenvalue weighted by atomic mass is 15.1. The van der Waals surface area contributed by atoms with Gasteiger partial charge < -0.3 is 9.55 Å². The lowest BCUT2D eigenvalue weighted by atomic mass is 9.84. The molecule has 308 valence electrons. The number of H-pyrrole nitrogens is 1. The van der Waals surface area contributed by atoms with E-state index < -0.39 is 0 Å². The number of benzene rings is 8. The second-order valence-electron chi connectivity index (χ2n) is 17.7. The largest absolute Gasteiger partial charge is 0.348 e. The molecule has 4 heterocycles. The van der Waals surface area contributed by atoms with Crippen LogP contribution in [0.3, 0.4) is 0 Å². The molecule has 0 unspecified atom stereocenters. The minimum absolute atomic E-state index is 0.983. The molecule has 13 rings (SSSR count). The first kappa shape index (κ1) is 37.4. The van der Waals surface area contributed by atoms with Crippen molar-refractivity contribution in [2.24, 2.45) is 0 Å². The van der Waals surface area contributed by atoms with Crippen LogP contribution in [0.15, 0.2) is 201 Å². The van der Waals surface area contributed by atoms with E-state index in [9.17, 15) is 0 Å². The Kier molecular flexibility index (Phi) is 8.44. The molecule has 0 amide bonds. The lowest BCUT2D eigenvalue weighted by Crippen LogP contribution is -2.05. The Hall–Kier alpha value is -8.21. The number of pyridine rings is 1. The van der Waals surface area contributed by atoms with Gasteiger partial charge in [0.2, 0.25) is 0 Å². The van der Waals surface area contributed by atoms with E-state index in [2.05, 4.69) is 221 Å². The Morgan fingerprint density at radius 3 is 1.34 bits per heavy atom. The maximum Gasteiger partial charge on any atom is 0.118 e. The molecule has 1 N–H and O–H groups in total. The van der Waals surface area contributed by atoms with Crippen molar-refractivity contribution in [3.63, 3.8) is 0 Å². The lowest BCUT2D eigenvalue weighted by molar-refractivity contribution is 0.945. The molecule has 0 saturated heterocycles. The number of nitrogens with zero attached hydrogens (tertiary/aromatic N) is 3. The first-order valence-electron chi connectivity index (χ1n) is 22.6. The van der Waals surface area contributed by atoms with Gasteiger partial charge in [-0.15, -0.1) is 0 Å². The number of hydrogen-bond acceptors (Lipinski definition) is 1. The summed E-state index contributed by atoms with van der Waals surface area (Å²) in [6.45, 7) is 4.38. The van der Waals surface area contributed by atoms with Crippen LogP contribution in [-0.4, -0.2) is 19.1 Å². The minimum Gasteiger partial charge on any atom is -0.348 e. The minimum atomic E-state index is 0.983. The van der Waals surface area contributed by atoms with E-state index in [1.807, 2.05) is 12.4 Å². The van der Waals surface area contributed by atoms with Crippen molar-refractivity contribution in [1.29, 1.82) is 0 Å². The summed E-state index contributed by atoms with van der Waals surface area (Å²) in [5, 5.41) is 5.07. The van der Waals surface area contributed by atoms with Crippen molar-refractivity contribution >= 4 is 43.6 Å². The van der Waals surface area contributed by atoms with E-state index in [1.54, 1.807) is 0 Å². The number of fused-ring (bicyclic) bond motifs is 9. The average Bonchev–Trinajstić information content (AvgIpc) is 4.03. The van der Waals surface area contributed by atoms with Crippen LogP contribution in [0.1, 0.15) is 22.3 Å². The highest BCUT2D eigenvalue weighted by molar-refractivity contribution is 6.14. The van der Waals surface area contributed by atoms with E-state index >= 15 is 0 Å². The van der Waals surface area contributed by atoms with Crippen molar-refractivity contribution in [3.05, 3.63) is 223 Å². The average molecular weight is 833 g/mol. The van der Waals surface area contributed by atoms with Crippen molar-refractivity contribution in [3.8, 4) is 67.1 Å². The second kappa shape index (κ2) is 14.7. The zero-order chi connectivity index (χ0) is 43.2. The molecule has 1 aliphatic carbocycles. The summed E-state index contributed by atoms with van der Waals surface area (Å²) in [6.07, 6.45) is 7.93. The fourth-order valence-corrected chi connectivity index (χ4v) is 10.6. The summed E-state index contributed by atoms with van der Waals surface area (Å²) in [4.78, 5) is 8.26. The summed E-state index contributed by atoms with van der Waals surface area (Å²) in [5.74, 6) is 1.11. The molecule has 1 aliphatic rings. The van der Waals surface area contributed by atoms with Crippen LogP contribution in [0, 0.1) is 13.8 Å². The van der Waals surface area contributed by atoms with Crippen LogP contribution < -0.4 is 0 Å². The first-order chi connectivity index (χ1) is 32.0. The zero-order valence-corrected chi connectivity index (χ0v) is 36.3. The number of nitrogens with one attached hydrogen (secondary N) is 1. The van der Waals surface area contributed by atoms with Gasteiger partial charge in [-0.3, -0.25) is 9.55 Å². The fraction of sp³-hybridized carbons (Fsp3) is 0.0656. The van der Waals surface area contributed by atoms with Crippen LogP contribution in [0.25, 0.3) is 111 Å². The summed E-state index contributed by atoms with van der Waals surface area (Å²) >= 11 is 0. The molecule has 0 fully saturated rings. The Morgan fingerprint density at radius 1 is 0.400 bits per heavy atom. The van der Waals surface area contributed by atoms with Crippen molar-refractivity contribution in [2.45, 2.75) is 26.7 Å². The molecule has 0 bridgehead atoms. The second-order valence-corrected chi connectivity index (χ2v) is 17.7. The van der Waals surface area contributed by atoms with E-state index in [-0.39, 0.29) is 0 Å². The predicted octanol–water partition coefficient (Wildman–Crippen LogP) is 15.7. The highest BCUT2D eigenvalue weighted by Crippen LogP contribution is 2.45. The maximum atomic E-state index is 4.65. The van der Waals surface area contributed by atoms with Crippen LogP contribution in [0.2, 0.25) is 0 Å². The normalized spacial score (nSPS) is 12.3.